The van der Waals surface area contributed by atoms with E-state index >= 15 is 0 Å². The van der Waals surface area contributed by atoms with Crippen LogP contribution in [-0.2, 0) is 14.8 Å². The predicted molar refractivity (Wildman–Crippen MR) is 68.2 cm³/mol. The second kappa shape index (κ2) is 4.44. The Kier molecular flexibility index (Phi) is 3.11. The van der Waals surface area contributed by atoms with Gasteiger partial charge in [0, 0.05) is 24.2 Å². The number of nitrogens with zero attached hydrogens (tertiary/aromatic N) is 1. The van der Waals surface area contributed by atoms with E-state index in [9.17, 15) is 13.2 Å². The van der Waals surface area contributed by atoms with Crippen LogP contribution in [0.2, 0.25) is 0 Å². The van der Waals surface area contributed by atoms with E-state index in [1.165, 1.54) is 4.90 Å². The van der Waals surface area contributed by atoms with Gasteiger partial charge in [-0.05, 0) is 24.3 Å². The molecule has 0 bridgehead atoms. The average Bonchev–Trinajstić information content (AvgIpc) is 2.71. The number of sulfonamides is 1. The van der Waals surface area contributed by atoms with E-state index in [0.717, 1.165) is 0 Å². The Hall–Kier alpha value is -1.84. The zero-order valence-corrected chi connectivity index (χ0v) is 10.4. The van der Waals surface area contributed by atoms with Crippen LogP contribution < -0.4 is 10.0 Å². The number of carbonyl (C=O) groups is 1. The van der Waals surface area contributed by atoms with Crippen molar-refractivity contribution in [1.82, 2.24) is 0 Å². The third-order valence-electron chi connectivity index (χ3n) is 2.90. The Morgan fingerprint density at radius 3 is 2.39 bits per heavy atom. The second-order valence-corrected chi connectivity index (χ2v) is 5.96. The Bertz CT molecular complexity index is 614. The molecule has 1 aromatic carbocycles. The Morgan fingerprint density at radius 1 is 1.33 bits per heavy atom. The maximum Gasteiger partial charge on any atom is 0.228 e. The highest BCUT2D eigenvalue weighted by Gasteiger charge is 2.37. The zero-order valence-electron chi connectivity index (χ0n) is 9.54. The topological polar surface area (TPSA) is 80.5 Å². The SMILES string of the molecule is C#Cc1ccc(N2CC(S(N)(=O)=O)CC2=O)cc1. The molecule has 18 heavy (non-hydrogen) atoms. The maximum absolute atomic E-state index is 11.8. The van der Waals surface area contributed by atoms with Gasteiger partial charge in [-0.2, -0.15) is 0 Å². The highest BCUT2D eigenvalue weighted by atomic mass is 32.2. The number of nitrogens with two attached hydrogens (primary N) is 1. The number of carbonyl (C=O) groups excluding carboxylic acids is 1. The van der Waals surface area contributed by atoms with Crippen LogP contribution in [0.15, 0.2) is 24.3 Å². The minimum absolute atomic E-state index is 0.0737. The van der Waals surface area contributed by atoms with Crippen molar-refractivity contribution in [1.29, 1.82) is 0 Å². The van der Waals surface area contributed by atoms with Gasteiger partial charge < -0.3 is 4.90 Å². The molecule has 1 unspecified atom stereocenters. The first-order valence-corrected chi connectivity index (χ1v) is 6.91. The van der Waals surface area contributed by atoms with Gasteiger partial charge in [-0.1, -0.05) is 5.92 Å². The van der Waals surface area contributed by atoms with E-state index in [0.29, 0.717) is 11.3 Å². The molecule has 2 N–H and O–H groups in total. The molecular weight excluding hydrogens is 252 g/mol. The molecule has 1 fully saturated rings. The molecule has 0 aliphatic carbocycles. The minimum atomic E-state index is -3.68. The summed E-state index contributed by atoms with van der Waals surface area (Å²) in [4.78, 5) is 13.2. The van der Waals surface area contributed by atoms with E-state index in [2.05, 4.69) is 5.92 Å². The van der Waals surface area contributed by atoms with Gasteiger partial charge in [-0.15, -0.1) is 6.42 Å². The fraction of sp³-hybridized carbons (Fsp3) is 0.250. The van der Waals surface area contributed by atoms with Crippen molar-refractivity contribution < 1.29 is 13.2 Å². The van der Waals surface area contributed by atoms with E-state index in [1.54, 1.807) is 24.3 Å². The zero-order chi connectivity index (χ0) is 13.3. The normalized spacial score (nSPS) is 19.9. The summed E-state index contributed by atoms with van der Waals surface area (Å²) < 4.78 is 22.5. The first kappa shape index (κ1) is 12.6. The molecule has 1 atom stereocenters. The molecule has 0 spiro atoms. The lowest BCUT2D eigenvalue weighted by Crippen LogP contribution is -2.32. The number of hydrogen-bond donors (Lipinski definition) is 1. The smallest absolute Gasteiger partial charge is 0.228 e. The van der Waals surface area contributed by atoms with E-state index in [1.807, 2.05) is 0 Å². The fourth-order valence-electron chi connectivity index (χ4n) is 1.88. The molecule has 94 valence electrons. The standard InChI is InChI=1S/C12H12N2O3S/c1-2-9-3-5-10(6-4-9)14-8-11(7-12(14)15)18(13,16)17/h1,3-6,11H,7-8H2,(H2,13,16,17). The molecule has 1 amide bonds. The highest BCUT2D eigenvalue weighted by molar-refractivity contribution is 7.89. The lowest BCUT2D eigenvalue weighted by molar-refractivity contribution is -0.117. The lowest BCUT2D eigenvalue weighted by atomic mass is 10.2. The van der Waals surface area contributed by atoms with Gasteiger partial charge >= 0.3 is 0 Å². The number of terminal acetylenes is 1. The van der Waals surface area contributed by atoms with Crippen LogP contribution in [0.3, 0.4) is 0 Å². The molecule has 1 heterocycles. The van der Waals surface area contributed by atoms with Crippen molar-refractivity contribution in [2.75, 3.05) is 11.4 Å². The largest absolute Gasteiger partial charge is 0.311 e. The summed E-state index contributed by atoms with van der Waals surface area (Å²) in [5, 5.41) is 4.22. The number of hydrogen-bond acceptors (Lipinski definition) is 3. The summed E-state index contributed by atoms with van der Waals surface area (Å²) in [6.07, 6.45) is 5.16. The number of anilines is 1. The predicted octanol–water partition coefficient (Wildman–Crippen LogP) is 0.0617. The van der Waals surface area contributed by atoms with Crippen LogP contribution in [0.4, 0.5) is 5.69 Å². The van der Waals surface area contributed by atoms with Crippen LogP contribution in [0.1, 0.15) is 12.0 Å². The Morgan fingerprint density at radius 2 is 1.94 bits per heavy atom. The summed E-state index contributed by atoms with van der Waals surface area (Å²) in [6, 6.07) is 6.79. The quantitative estimate of drug-likeness (QED) is 0.767. The third kappa shape index (κ3) is 2.37. The van der Waals surface area contributed by atoms with Crippen molar-refractivity contribution in [3.63, 3.8) is 0 Å². The Labute approximate surface area is 106 Å². The van der Waals surface area contributed by atoms with Gasteiger partial charge in [0.25, 0.3) is 0 Å². The Balaban J connectivity index is 2.25. The number of rotatable bonds is 2. The maximum atomic E-state index is 11.8. The molecule has 0 aromatic heterocycles. The minimum Gasteiger partial charge on any atom is -0.311 e. The van der Waals surface area contributed by atoms with Gasteiger partial charge in [-0.3, -0.25) is 4.79 Å². The summed E-state index contributed by atoms with van der Waals surface area (Å²) in [5.41, 5.74) is 1.33. The molecule has 0 saturated carbocycles. The molecular formula is C12H12N2O3S. The van der Waals surface area contributed by atoms with Crippen LogP contribution >= 0.6 is 0 Å². The summed E-state index contributed by atoms with van der Waals surface area (Å²) in [7, 11) is -3.68. The molecule has 1 aliphatic heterocycles. The monoisotopic (exact) mass is 264 g/mol. The molecule has 1 aliphatic rings. The van der Waals surface area contributed by atoms with Crippen LogP contribution in [0, 0.1) is 12.3 Å². The third-order valence-corrected chi connectivity index (χ3v) is 4.14. The van der Waals surface area contributed by atoms with Gasteiger partial charge in [0.1, 0.15) is 5.25 Å². The van der Waals surface area contributed by atoms with E-state index in [-0.39, 0.29) is 18.9 Å². The average molecular weight is 264 g/mol. The second-order valence-electron chi connectivity index (χ2n) is 4.11. The van der Waals surface area contributed by atoms with Gasteiger partial charge in [-0.25, -0.2) is 13.6 Å². The van der Waals surface area contributed by atoms with Crippen LogP contribution in [-0.4, -0.2) is 26.1 Å². The van der Waals surface area contributed by atoms with E-state index < -0.39 is 15.3 Å². The number of amides is 1. The lowest BCUT2D eigenvalue weighted by Gasteiger charge is -2.16. The van der Waals surface area contributed by atoms with Gasteiger partial charge in [0.2, 0.25) is 15.9 Å². The van der Waals surface area contributed by atoms with Crippen LogP contribution in [0.5, 0.6) is 0 Å². The number of benzene rings is 1. The first-order valence-electron chi connectivity index (χ1n) is 5.30. The van der Waals surface area contributed by atoms with Crippen molar-refractivity contribution in [3.05, 3.63) is 29.8 Å². The van der Waals surface area contributed by atoms with Gasteiger partial charge in [0.05, 0.1) is 0 Å². The molecule has 1 saturated heterocycles. The summed E-state index contributed by atoms with van der Waals surface area (Å²) in [5.74, 6) is 2.22. The van der Waals surface area contributed by atoms with Crippen LogP contribution in [0.25, 0.3) is 0 Å². The van der Waals surface area contributed by atoms with E-state index in [4.69, 9.17) is 11.6 Å². The first-order chi connectivity index (χ1) is 8.41. The molecule has 2 rings (SSSR count). The highest BCUT2D eigenvalue weighted by Crippen LogP contribution is 2.24. The van der Waals surface area contributed by atoms with Crippen molar-refractivity contribution in [3.8, 4) is 12.3 Å². The fourth-order valence-corrected chi connectivity index (χ4v) is 2.61. The van der Waals surface area contributed by atoms with Crippen molar-refractivity contribution in [2.24, 2.45) is 5.14 Å². The summed E-state index contributed by atoms with van der Waals surface area (Å²) >= 11 is 0. The van der Waals surface area contributed by atoms with Gasteiger partial charge in [0.15, 0.2) is 0 Å². The van der Waals surface area contributed by atoms with Crippen molar-refractivity contribution >= 4 is 21.6 Å². The number of primary sulfonamides is 1. The summed E-state index contributed by atoms with van der Waals surface area (Å²) in [6.45, 7) is 0.0903. The van der Waals surface area contributed by atoms with Crippen molar-refractivity contribution in [2.45, 2.75) is 11.7 Å². The molecule has 0 radical (unpaired) electrons. The molecule has 1 aromatic rings. The molecule has 6 heteroatoms. The molecule has 5 nitrogen and oxygen atoms in total.